The van der Waals surface area contributed by atoms with Crippen LogP contribution in [0.5, 0.6) is 0 Å². The Hall–Kier alpha value is -0.920. The highest BCUT2D eigenvalue weighted by Crippen LogP contribution is 2.27. The van der Waals surface area contributed by atoms with E-state index in [4.69, 9.17) is 15.2 Å². The van der Waals surface area contributed by atoms with Gasteiger partial charge in [0.15, 0.2) is 9.84 Å². The van der Waals surface area contributed by atoms with Gasteiger partial charge in [0.2, 0.25) is 0 Å². The summed E-state index contributed by atoms with van der Waals surface area (Å²) in [5.74, 6) is -0.456. The molecule has 2 N–H and O–H groups in total. The first-order chi connectivity index (χ1) is 10.2. The molecule has 22 heavy (non-hydrogen) atoms. The first kappa shape index (κ1) is 19.1. The van der Waals surface area contributed by atoms with E-state index in [9.17, 15) is 13.2 Å². The minimum absolute atomic E-state index is 0.0701. The summed E-state index contributed by atoms with van der Waals surface area (Å²) in [6, 6.07) is -0.682. The third-order valence-electron chi connectivity index (χ3n) is 3.86. The summed E-state index contributed by atoms with van der Waals surface area (Å²) in [4.78, 5) is 11.9. The molecule has 0 aromatic carbocycles. The quantitative estimate of drug-likeness (QED) is 0.703. The van der Waals surface area contributed by atoms with Gasteiger partial charge in [0.1, 0.15) is 5.25 Å². The molecular formula is C15H27NO5S. The Morgan fingerprint density at radius 1 is 1.36 bits per heavy atom. The second kappa shape index (κ2) is 8.08. The summed E-state index contributed by atoms with van der Waals surface area (Å²) >= 11 is 0. The lowest BCUT2D eigenvalue weighted by atomic mass is 9.92. The lowest BCUT2D eigenvalue weighted by molar-refractivity contribution is -0.139. The van der Waals surface area contributed by atoms with Crippen LogP contribution in [0, 0.1) is 0 Å². The Kier molecular flexibility index (Phi) is 7.02. The van der Waals surface area contributed by atoms with Crippen molar-refractivity contribution < 1.29 is 22.7 Å². The molecule has 7 heteroatoms. The maximum Gasteiger partial charge on any atom is 0.333 e. The standard InChI is InChI=1S/C15H27NO5S/c1-5-11(6-2)21-13-9-10(15(17)20-7-3)8-12(16)14(13)22(4,18)19/h9,11-14H,5-8,16H2,1-4H3/t12-,13-,14-/m1/s1. The lowest BCUT2D eigenvalue weighted by Gasteiger charge is -2.35. The first-order valence-corrected chi connectivity index (χ1v) is 9.67. The van der Waals surface area contributed by atoms with E-state index < -0.39 is 33.2 Å². The Morgan fingerprint density at radius 3 is 2.41 bits per heavy atom. The van der Waals surface area contributed by atoms with Crippen LogP contribution in [0.1, 0.15) is 40.0 Å². The van der Waals surface area contributed by atoms with Gasteiger partial charge in [0.25, 0.3) is 0 Å². The van der Waals surface area contributed by atoms with Gasteiger partial charge in [-0.1, -0.05) is 13.8 Å². The average molecular weight is 333 g/mol. The van der Waals surface area contributed by atoms with Gasteiger partial charge < -0.3 is 15.2 Å². The van der Waals surface area contributed by atoms with Crippen molar-refractivity contribution in [3.8, 4) is 0 Å². The van der Waals surface area contributed by atoms with Gasteiger partial charge in [0.05, 0.1) is 18.8 Å². The largest absolute Gasteiger partial charge is 0.463 e. The molecule has 6 nitrogen and oxygen atoms in total. The van der Waals surface area contributed by atoms with Gasteiger partial charge in [-0.15, -0.1) is 0 Å². The predicted molar refractivity (Wildman–Crippen MR) is 85.2 cm³/mol. The topological polar surface area (TPSA) is 95.7 Å². The average Bonchev–Trinajstić information content (AvgIpc) is 2.42. The number of esters is 1. The Morgan fingerprint density at radius 2 is 1.95 bits per heavy atom. The van der Waals surface area contributed by atoms with E-state index >= 15 is 0 Å². The number of carbonyl (C=O) groups is 1. The number of rotatable bonds is 7. The molecule has 0 spiro atoms. The highest BCUT2D eigenvalue weighted by Gasteiger charge is 2.41. The highest BCUT2D eigenvalue weighted by atomic mass is 32.2. The minimum Gasteiger partial charge on any atom is -0.463 e. The molecular weight excluding hydrogens is 306 g/mol. The van der Waals surface area contributed by atoms with Crippen LogP contribution in [-0.4, -0.2) is 50.7 Å². The lowest BCUT2D eigenvalue weighted by Crippen LogP contribution is -2.52. The highest BCUT2D eigenvalue weighted by molar-refractivity contribution is 7.91. The summed E-state index contributed by atoms with van der Waals surface area (Å²) in [6.07, 6.45) is 3.65. The number of carbonyl (C=O) groups excluding carboxylic acids is 1. The van der Waals surface area contributed by atoms with Crippen molar-refractivity contribution >= 4 is 15.8 Å². The van der Waals surface area contributed by atoms with Crippen molar-refractivity contribution in [2.24, 2.45) is 5.73 Å². The Balaban J connectivity index is 3.13. The number of sulfone groups is 1. The molecule has 1 aliphatic carbocycles. The number of hydrogen-bond acceptors (Lipinski definition) is 6. The van der Waals surface area contributed by atoms with Gasteiger partial charge in [-0.05, 0) is 32.3 Å². The van der Waals surface area contributed by atoms with E-state index in [1.165, 1.54) is 0 Å². The Bertz CT molecular complexity index is 510. The van der Waals surface area contributed by atoms with Gasteiger partial charge in [-0.25, -0.2) is 13.2 Å². The van der Waals surface area contributed by atoms with Gasteiger partial charge in [-0.3, -0.25) is 0 Å². The molecule has 1 rings (SSSR count). The molecule has 0 unspecified atom stereocenters. The Labute approximate surface area is 133 Å². The van der Waals surface area contributed by atoms with Crippen molar-refractivity contribution in [3.63, 3.8) is 0 Å². The van der Waals surface area contributed by atoms with Crippen molar-refractivity contribution in [1.82, 2.24) is 0 Å². The molecule has 0 bridgehead atoms. The molecule has 0 aromatic rings. The first-order valence-electron chi connectivity index (χ1n) is 7.72. The van der Waals surface area contributed by atoms with Crippen LogP contribution < -0.4 is 5.73 Å². The van der Waals surface area contributed by atoms with Crippen molar-refractivity contribution in [2.75, 3.05) is 12.9 Å². The van der Waals surface area contributed by atoms with Crippen LogP contribution >= 0.6 is 0 Å². The van der Waals surface area contributed by atoms with E-state index in [1.807, 2.05) is 13.8 Å². The molecule has 0 amide bonds. The van der Waals surface area contributed by atoms with E-state index in [2.05, 4.69) is 0 Å². The van der Waals surface area contributed by atoms with Gasteiger partial charge in [0, 0.05) is 17.9 Å². The van der Waals surface area contributed by atoms with Crippen LogP contribution in [0.3, 0.4) is 0 Å². The second-order valence-corrected chi connectivity index (χ2v) is 7.82. The summed E-state index contributed by atoms with van der Waals surface area (Å²) < 4.78 is 35.0. The van der Waals surface area contributed by atoms with E-state index in [1.54, 1.807) is 13.0 Å². The number of ether oxygens (including phenoxy) is 2. The molecule has 3 atom stereocenters. The zero-order chi connectivity index (χ0) is 16.9. The van der Waals surface area contributed by atoms with Crippen LogP contribution in [0.15, 0.2) is 11.6 Å². The summed E-state index contributed by atoms with van der Waals surface area (Å²) in [6.45, 7) is 5.93. The van der Waals surface area contributed by atoms with Crippen molar-refractivity contribution in [1.29, 1.82) is 0 Å². The SMILES string of the molecule is CCOC(=O)C1=C[C@@H](OC(CC)CC)[C@H](S(C)(=O)=O)[C@H](N)C1. The molecule has 0 aliphatic heterocycles. The molecule has 0 saturated heterocycles. The van der Waals surface area contributed by atoms with Crippen molar-refractivity contribution in [2.45, 2.75) is 63.5 Å². The fourth-order valence-electron chi connectivity index (χ4n) is 2.73. The van der Waals surface area contributed by atoms with E-state index in [0.29, 0.717) is 5.57 Å². The van der Waals surface area contributed by atoms with Crippen LogP contribution in [0.2, 0.25) is 0 Å². The maximum atomic E-state index is 12.1. The van der Waals surface area contributed by atoms with Crippen molar-refractivity contribution in [3.05, 3.63) is 11.6 Å². The molecule has 0 heterocycles. The van der Waals surface area contributed by atoms with Crippen LogP contribution in [-0.2, 0) is 24.1 Å². The maximum absolute atomic E-state index is 12.1. The molecule has 0 radical (unpaired) electrons. The summed E-state index contributed by atoms with van der Waals surface area (Å²) in [5.41, 5.74) is 6.42. The smallest absolute Gasteiger partial charge is 0.333 e. The fourth-order valence-corrected chi connectivity index (χ4v) is 4.09. The monoisotopic (exact) mass is 333 g/mol. The van der Waals surface area contributed by atoms with Gasteiger partial charge >= 0.3 is 5.97 Å². The zero-order valence-electron chi connectivity index (χ0n) is 13.7. The van der Waals surface area contributed by atoms with Crippen LogP contribution in [0.4, 0.5) is 0 Å². The molecule has 1 aliphatic rings. The third-order valence-corrected chi connectivity index (χ3v) is 5.47. The van der Waals surface area contributed by atoms with E-state index in [-0.39, 0.29) is 19.1 Å². The zero-order valence-corrected chi connectivity index (χ0v) is 14.6. The minimum atomic E-state index is -3.39. The second-order valence-electron chi connectivity index (χ2n) is 5.61. The fraction of sp³-hybridized carbons (Fsp3) is 0.800. The third kappa shape index (κ3) is 4.79. The normalized spacial score (nSPS) is 25.9. The molecule has 0 aromatic heterocycles. The summed E-state index contributed by atoms with van der Waals surface area (Å²) in [5, 5.41) is -0.841. The van der Waals surface area contributed by atoms with E-state index in [0.717, 1.165) is 19.1 Å². The number of hydrogen-bond donors (Lipinski definition) is 1. The summed E-state index contributed by atoms with van der Waals surface area (Å²) in [7, 11) is -3.39. The van der Waals surface area contributed by atoms with Gasteiger partial charge in [-0.2, -0.15) is 0 Å². The molecule has 128 valence electrons. The molecule has 0 saturated carbocycles. The number of nitrogens with two attached hydrogens (primary N) is 1. The molecule has 0 fully saturated rings. The predicted octanol–water partition coefficient (Wildman–Crippen LogP) is 1.19. The van der Waals surface area contributed by atoms with Crippen LogP contribution in [0.25, 0.3) is 0 Å².